The Bertz CT molecular complexity index is 185. The van der Waals surface area contributed by atoms with Crippen LogP contribution < -0.4 is 5.73 Å². The normalized spacial score (nSPS) is 12.9. The van der Waals surface area contributed by atoms with Crippen molar-refractivity contribution < 1.29 is 4.79 Å². The molecule has 3 nitrogen and oxygen atoms in total. The lowest BCUT2D eigenvalue weighted by molar-refractivity contribution is -0.131. The summed E-state index contributed by atoms with van der Waals surface area (Å²) in [5.41, 5.74) is 5.81. The van der Waals surface area contributed by atoms with Crippen LogP contribution in [0, 0.1) is 5.92 Å². The number of carbonyl (C=O) groups excluding carboxylic acids is 1. The van der Waals surface area contributed by atoms with Crippen molar-refractivity contribution in [2.45, 2.75) is 32.7 Å². The first-order chi connectivity index (χ1) is 6.99. The monoisotopic (exact) mass is 232 g/mol. The molecule has 0 spiro atoms. The molecule has 0 aromatic heterocycles. The summed E-state index contributed by atoms with van der Waals surface area (Å²) in [5.74, 6) is 1.65. The quantitative estimate of drug-likeness (QED) is 0.725. The predicted molar refractivity (Wildman–Crippen MR) is 68.1 cm³/mol. The topological polar surface area (TPSA) is 46.3 Å². The molecule has 0 bridgehead atoms. The van der Waals surface area contributed by atoms with Crippen LogP contribution in [0.5, 0.6) is 0 Å². The molecule has 0 saturated carbocycles. The Labute approximate surface area is 97.8 Å². The largest absolute Gasteiger partial charge is 0.344 e. The van der Waals surface area contributed by atoms with Crippen LogP contribution in [0.2, 0.25) is 0 Å². The number of nitrogens with zero attached hydrogens (tertiary/aromatic N) is 1. The fourth-order valence-corrected chi connectivity index (χ4v) is 1.70. The molecule has 0 aliphatic rings. The zero-order valence-corrected chi connectivity index (χ0v) is 11.1. The first kappa shape index (κ1) is 14.8. The second-order valence-corrected chi connectivity index (χ2v) is 5.32. The van der Waals surface area contributed by atoms with Gasteiger partial charge >= 0.3 is 0 Å². The highest BCUT2D eigenvalue weighted by atomic mass is 32.2. The number of amides is 1. The van der Waals surface area contributed by atoms with Crippen molar-refractivity contribution in [1.29, 1.82) is 0 Å². The predicted octanol–water partition coefficient (Wildman–Crippen LogP) is 1.57. The van der Waals surface area contributed by atoms with Gasteiger partial charge in [0.05, 0.1) is 6.04 Å². The van der Waals surface area contributed by atoms with Gasteiger partial charge in [0.2, 0.25) is 5.91 Å². The molecule has 15 heavy (non-hydrogen) atoms. The summed E-state index contributed by atoms with van der Waals surface area (Å²) in [6, 6.07) is -0.324. The van der Waals surface area contributed by atoms with Gasteiger partial charge in [-0.2, -0.15) is 11.8 Å². The van der Waals surface area contributed by atoms with Crippen molar-refractivity contribution in [2.24, 2.45) is 11.7 Å². The van der Waals surface area contributed by atoms with Crippen LogP contribution in [0.3, 0.4) is 0 Å². The summed E-state index contributed by atoms with van der Waals surface area (Å²) in [7, 11) is 1.84. The highest BCUT2D eigenvalue weighted by molar-refractivity contribution is 7.98. The summed E-state index contributed by atoms with van der Waals surface area (Å²) < 4.78 is 0. The Morgan fingerprint density at radius 1 is 1.40 bits per heavy atom. The molecule has 0 aliphatic carbocycles. The first-order valence-electron chi connectivity index (χ1n) is 5.48. The standard InChI is InChI=1S/C11H24N2OS/c1-9(2)5-7-13(3)11(14)10(12)6-8-15-4/h9-10H,5-8,12H2,1-4H3/t10-/m1/s1. The number of carbonyl (C=O) groups is 1. The molecule has 90 valence electrons. The molecule has 0 unspecified atom stereocenters. The maximum absolute atomic E-state index is 11.8. The second kappa shape index (κ2) is 7.99. The Morgan fingerprint density at radius 3 is 2.47 bits per heavy atom. The van der Waals surface area contributed by atoms with Crippen molar-refractivity contribution in [3.63, 3.8) is 0 Å². The van der Waals surface area contributed by atoms with Gasteiger partial charge in [-0.15, -0.1) is 0 Å². The molecule has 1 amide bonds. The Balaban J connectivity index is 3.85. The van der Waals surface area contributed by atoms with E-state index in [4.69, 9.17) is 5.73 Å². The third kappa shape index (κ3) is 6.79. The van der Waals surface area contributed by atoms with Crippen molar-refractivity contribution in [2.75, 3.05) is 25.6 Å². The van der Waals surface area contributed by atoms with Gasteiger partial charge < -0.3 is 10.6 Å². The minimum absolute atomic E-state index is 0.0738. The molecule has 0 rings (SSSR count). The van der Waals surface area contributed by atoms with Crippen LogP contribution in [-0.2, 0) is 4.79 Å². The van der Waals surface area contributed by atoms with Crippen LogP contribution in [0.25, 0.3) is 0 Å². The number of rotatable bonds is 7. The molecule has 0 radical (unpaired) electrons. The summed E-state index contributed by atoms with van der Waals surface area (Å²) in [6.07, 6.45) is 3.84. The summed E-state index contributed by atoms with van der Waals surface area (Å²) in [4.78, 5) is 13.5. The highest BCUT2D eigenvalue weighted by Gasteiger charge is 2.17. The number of nitrogens with two attached hydrogens (primary N) is 1. The third-order valence-corrected chi connectivity index (χ3v) is 3.01. The van der Waals surface area contributed by atoms with Crippen LogP contribution >= 0.6 is 11.8 Å². The average Bonchev–Trinajstić information content (AvgIpc) is 2.21. The van der Waals surface area contributed by atoms with Crippen LogP contribution in [0.1, 0.15) is 26.7 Å². The highest BCUT2D eigenvalue weighted by Crippen LogP contribution is 2.04. The zero-order valence-electron chi connectivity index (χ0n) is 10.3. The van der Waals surface area contributed by atoms with E-state index in [1.54, 1.807) is 16.7 Å². The van der Waals surface area contributed by atoms with E-state index in [1.165, 1.54) is 0 Å². The van der Waals surface area contributed by atoms with Gasteiger partial charge in [0.25, 0.3) is 0 Å². The van der Waals surface area contributed by atoms with E-state index in [2.05, 4.69) is 13.8 Å². The summed E-state index contributed by atoms with van der Waals surface area (Å²) in [5, 5.41) is 0. The van der Waals surface area contributed by atoms with Gasteiger partial charge in [-0.1, -0.05) is 13.8 Å². The van der Waals surface area contributed by atoms with Crippen LogP contribution in [0.4, 0.5) is 0 Å². The van der Waals surface area contributed by atoms with E-state index in [0.29, 0.717) is 5.92 Å². The van der Waals surface area contributed by atoms with Crippen molar-refractivity contribution in [1.82, 2.24) is 4.90 Å². The third-order valence-electron chi connectivity index (χ3n) is 2.37. The smallest absolute Gasteiger partial charge is 0.239 e. The van der Waals surface area contributed by atoms with Gasteiger partial charge in [0.1, 0.15) is 0 Å². The van der Waals surface area contributed by atoms with Crippen molar-refractivity contribution in [3.8, 4) is 0 Å². The lowest BCUT2D eigenvalue weighted by Crippen LogP contribution is -2.42. The van der Waals surface area contributed by atoms with E-state index >= 15 is 0 Å². The molecular weight excluding hydrogens is 208 g/mol. The van der Waals surface area contributed by atoms with Crippen LogP contribution in [0.15, 0.2) is 0 Å². The Morgan fingerprint density at radius 2 is 2.00 bits per heavy atom. The van der Waals surface area contributed by atoms with Crippen molar-refractivity contribution >= 4 is 17.7 Å². The summed E-state index contributed by atoms with van der Waals surface area (Å²) >= 11 is 1.73. The molecular formula is C11H24N2OS. The van der Waals surface area contributed by atoms with Gasteiger partial charge in [0, 0.05) is 13.6 Å². The van der Waals surface area contributed by atoms with Gasteiger partial charge in [0.15, 0.2) is 0 Å². The van der Waals surface area contributed by atoms with E-state index in [-0.39, 0.29) is 11.9 Å². The van der Waals surface area contributed by atoms with Gasteiger partial charge in [-0.05, 0) is 30.8 Å². The fourth-order valence-electron chi connectivity index (χ4n) is 1.21. The number of thioether (sulfide) groups is 1. The fraction of sp³-hybridized carbons (Fsp3) is 0.909. The minimum atomic E-state index is -0.324. The molecule has 2 N–H and O–H groups in total. The van der Waals surface area contributed by atoms with E-state index in [0.717, 1.165) is 25.1 Å². The maximum atomic E-state index is 11.8. The summed E-state index contributed by atoms with van der Waals surface area (Å²) in [6.45, 7) is 5.13. The van der Waals surface area contributed by atoms with E-state index < -0.39 is 0 Å². The average molecular weight is 232 g/mol. The Kier molecular flexibility index (Phi) is 7.88. The molecule has 0 aromatic rings. The zero-order chi connectivity index (χ0) is 11.8. The molecule has 1 atom stereocenters. The Hall–Kier alpha value is -0.220. The van der Waals surface area contributed by atoms with Gasteiger partial charge in [-0.25, -0.2) is 0 Å². The van der Waals surface area contributed by atoms with Crippen LogP contribution in [-0.4, -0.2) is 42.4 Å². The number of hydrogen-bond donors (Lipinski definition) is 1. The number of hydrogen-bond acceptors (Lipinski definition) is 3. The van der Waals surface area contributed by atoms with E-state index in [1.807, 2.05) is 13.3 Å². The molecule has 0 aliphatic heterocycles. The molecule has 4 heteroatoms. The number of likely N-dealkylation sites (N-methyl/N-ethyl adjacent to an activating group) is 1. The van der Waals surface area contributed by atoms with Gasteiger partial charge in [-0.3, -0.25) is 4.79 Å². The molecule has 0 heterocycles. The maximum Gasteiger partial charge on any atom is 0.239 e. The van der Waals surface area contributed by atoms with Crippen molar-refractivity contribution in [3.05, 3.63) is 0 Å². The second-order valence-electron chi connectivity index (χ2n) is 4.33. The lowest BCUT2D eigenvalue weighted by atomic mass is 10.1. The minimum Gasteiger partial charge on any atom is -0.344 e. The first-order valence-corrected chi connectivity index (χ1v) is 6.88. The molecule has 0 fully saturated rings. The SMILES string of the molecule is CSCC[C@@H](N)C(=O)N(C)CCC(C)C. The van der Waals surface area contributed by atoms with E-state index in [9.17, 15) is 4.79 Å². The molecule has 0 saturated heterocycles. The lowest BCUT2D eigenvalue weighted by Gasteiger charge is -2.21. The molecule has 0 aromatic carbocycles.